The SMILES string of the molecule is CC(C)(C)OC(=O)CNCC#N. The van der Waals surface area contributed by atoms with Crippen molar-refractivity contribution in [3.05, 3.63) is 0 Å². The van der Waals surface area contributed by atoms with Crippen molar-refractivity contribution in [1.82, 2.24) is 5.32 Å². The van der Waals surface area contributed by atoms with E-state index in [1.54, 1.807) is 20.8 Å². The first-order valence-corrected chi connectivity index (χ1v) is 3.75. The summed E-state index contributed by atoms with van der Waals surface area (Å²) in [6, 6.07) is 1.87. The van der Waals surface area contributed by atoms with E-state index < -0.39 is 5.60 Å². The number of rotatable bonds is 3. The van der Waals surface area contributed by atoms with E-state index in [2.05, 4.69) is 5.32 Å². The van der Waals surface area contributed by atoms with Gasteiger partial charge in [-0.15, -0.1) is 0 Å². The molecule has 0 atom stereocenters. The molecule has 0 unspecified atom stereocenters. The summed E-state index contributed by atoms with van der Waals surface area (Å²) >= 11 is 0. The Morgan fingerprint density at radius 1 is 1.58 bits per heavy atom. The molecular weight excluding hydrogens is 156 g/mol. The second kappa shape index (κ2) is 4.73. The number of nitriles is 1. The van der Waals surface area contributed by atoms with E-state index in [9.17, 15) is 4.79 Å². The third-order valence-corrected chi connectivity index (χ3v) is 0.893. The lowest BCUT2D eigenvalue weighted by Gasteiger charge is -2.19. The fraction of sp³-hybridized carbons (Fsp3) is 0.750. The van der Waals surface area contributed by atoms with E-state index in [1.807, 2.05) is 6.07 Å². The quantitative estimate of drug-likeness (QED) is 0.379. The zero-order valence-electron chi connectivity index (χ0n) is 7.68. The van der Waals surface area contributed by atoms with Gasteiger partial charge in [-0.25, -0.2) is 0 Å². The maximum absolute atomic E-state index is 10.9. The molecule has 0 rings (SSSR count). The first-order chi connectivity index (χ1) is 5.45. The molecule has 0 saturated carbocycles. The Labute approximate surface area is 72.5 Å². The van der Waals surface area contributed by atoms with Crippen molar-refractivity contribution in [2.24, 2.45) is 0 Å². The summed E-state index contributed by atoms with van der Waals surface area (Å²) < 4.78 is 4.97. The van der Waals surface area contributed by atoms with Crippen LogP contribution in [-0.2, 0) is 9.53 Å². The number of nitrogens with one attached hydrogen (secondary N) is 1. The van der Waals surface area contributed by atoms with E-state index in [4.69, 9.17) is 10.00 Å². The molecule has 0 bridgehead atoms. The summed E-state index contributed by atoms with van der Waals surface area (Å²) in [7, 11) is 0. The minimum absolute atomic E-state index is 0.0881. The van der Waals surface area contributed by atoms with E-state index >= 15 is 0 Å². The topological polar surface area (TPSA) is 62.1 Å². The van der Waals surface area contributed by atoms with Crippen molar-refractivity contribution in [2.75, 3.05) is 13.1 Å². The van der Waals surface area contributed by atoms with Gasteiger partial charge in [0.2, 0.25) is 0 Å². The minimum atomic E-state index is -0.453. The molecule has 0 aromatic carbocycles. The van der Waals surface area contributed by atoms with Gasteiger partial charge in [0.1, 0.15) is 5.60 Å². The fourth-order valence-electron chi connectivity index (χ4n) is 0.598. The summed E-state index contributed by atoms with van der Waals surface area (Å²) in [4.78, 5) is 10.9. The fourth-order valence-corrected chi connectivity index (χ4v) is 0.598. The Morgan fingerprint density at radius 3 is 2.58 bits per heavy atom. The molecule has 0 aliphatic heterocycles. The highest BCUT2D eigenvalue weighted by molar-refractivity contribution is 5.72. The average molecular weight is 170 g/mol. The van der Waals surface area contributed by atoms with Gasteiger partial charge in [-0.3, -0.25) is 10.1 Å². The number of ether oxygens (including phenoxy) is 1. The van der Waals surface area contributed by atoms with Gasteiger partial charge in [-0.2, -0.15) is 5.26 Å². The van der Waals surface area contributed by atoms with Crippen LogP contribution in [-0.4, -0.2) is 24.7 Å². The number of esters is 1. The largest absolute Gasteiger partial charge is 0.459 e. The third-order valence-electron chi connectivity index (χ3n) is 0.893. The molecule has 0 saturated heterocycles. The Balaban J connectivity index is 3.56. The lowest BCUT2D eigenvalue weighted by Crippen LogP contribution is -2.31. The van der Waals surface area contributed by atoms with Crippen molar-refractivity contribution >= 4 is 5.97 Å². The van der Waals surface area contributed by atoms with Crippen LogP contribution in [0.4, 0.5) is 0 Å². The normalized spacial score (nSPS) is 10.5. The highest BCUT2D eigenvalue weighted by Crippen LogP contribution is 2.05. The van der Waals surface area contributed by atoms with Gasteiger partial charge >= 0.3 is 5.97 Å². The number of hydrogen-bond donors (Lipinski definition) is 1. The summed E-state index contributed by atoms with van der Waals surface area (Å²) in [5.41, 5.74) is -0.453. The molecule has 0 fully saturated rings. The van der Waals surface area contributed by atoms with Crippen LogP contribution in [0.1, 0.15) is 20.8 Å². The molecule has 1 N–H and O–H groups in total. The van der Waals surface area contributed by atoms with E-state index in [-0.39, 0.29) is 19.1 Å². The number of hydrogen-bond acceptors (Lipinski definition) is 4. The van der Waals surface area contributed by atoms with Gasteiger partial charge in [0.05, 0.1) is 19.2 Å². The molecular formula is C8H14N2O2. The molecule has 4 nitrogen and oxygen atoms in total. The van der Waals surface area contributed by atoms with Gasteiger partial charge in [0.15, 0.2) is 0 Å². The molecule has 12 heavy (non-hydrogen) atoms. The molecule has 0 aromatic heterocycles. The van der Waals surface area contributed by atoms with Gasteiger partial charge in [-0.05, 0) is 20.8 Å². The molecule has 68 valence electrons. The van der Waals surface area contributed by atoms with Crippen LogP contribution in [0.15, 0.2) is 0 Å². The van der Waals surface area contributed by atoms with Crippen LogP contribution in [0.3, 0.4) is 0 Å². The maximum Gasteiger partial charge on any atom is 0.320 e. The predicted molar refractivity (Wildman–Crippen MR) is 44.3 cm³/mol. The molecule has 0 radical (unpaired) electrons. The Hall–Kier alpha value is -1.08. The molecule has 0 heterocycles. The van der Waals surface area contributed by atoms with Gasteiger partial charge in [0.25, 0.3) is 0 Å². The van der Waals surface area contributed by atoms with Crippen molar-refractivity contribution in [1.29, 1.82) is 5.26 Å². The lowest BCUT2D eigenvalue weighted by molar-refractivity contribution is -0.153. The highest BCUT2D eigenvalue weighted by Gasteiger charge is 2.15. The van der Waals surface area contributed by atoms with Gasteiger partial charge in [0, 0.05) is 0 Å². The predicted octanol–water partition coefficient (Wildman–Crippen LogP) is 0.441. The third kappa shape index (κ3) is 7.03. The monoisotopic (exact) mass is 170 g/mol. The zero-order valence-corrected chi connectivity index (χ0v) is 7.68. The number of carbonyl (C=O) groups excluding carboxylic acids is 1. The van der Waals surface area contributed by atoms with Crippen molar-refractivity contribution in [3.63, 3.8) is 0 Å². The molecule has 0 spiro atoms. The van der Waals surface area contributed by atoms with Crippen LogP contribution < -0.4 is 5.32 Å². The Bertz CT molecular complexity index is 188. The molecule has 4 heteroatoms. The first kappa shape index (κ1) is 10.9. The van der Waals surface area contributed by atoms with Crippen LogP contribution in [0.5, 0.6) is 0 Å². The van der Waals surface area contributed by atoms with Crippen LogP contribution in [0, 0.1) is 11.3 Å². The van der Waals surface area contributed by atoms with Crippen LogP contribution in [0.25, 0.3) is 0 Å². The molecule has 0 aliphatic carbocycles. The maximum atomic E-state index is 10.9. The smallest absolute Gasteiger partial charge is 0.320 e. The second-order valence-corrected chi connectivity index (χ2v) is 3.35. The average Bonchev–Trinajstić information content (AvgIpc) is 1.84. The summed E-state index contributed by atoms with van der Waals surface area (Å²) in [5.74, 6) is -0.335. The van der Waals surface area contributed by atoms with E-state index in [1.165, 1.54) is 0 Å². The number of carbonyl (C=O) groups is 1. The lowest BCUT2D eigenvalue weighted by atomic mass is 10.2. The summed E-state index contributed by atoms with van der Waals surface area (Å²) in [6.07, 6.45) is 0. The Morgan fingerprint density at radius 2 is 2.17 bits per heavy atom. The molecule has 0 aromatic rings. The van der Waals surface area contributed by atoms with E-state index in [0.717, 1.165) is 0 Å². The summed E-state index contributed by atoms with van der Waals surface area (Å²) in [6.45, 7) is 5.66. The highest BCUT2D eigenvalue weighted by atomic mass is 16.6. The number of nitrogens with zero attached hydrogens (tertiary/aromatic N) is 1. The zero-order chi connectivity index (χ0) is 9.61. The minimum Gasteiger partial charge on any atom is -0.459 e. The second-order valence-electron chi connectivity index (χ2n) is 3.35. The molecule has 0 aliphatic rings. The van der Waals surface area contributed by atoms with E-state index in [0.29, 0.717) is 0 Å². The Kier molecular flexibility index (Phi) is 4.30. The van der Waals surface area contributed by atoms with Crippen molar-refractivity contribution in [2.45, 2.75) is 26.4 Å². The van der Waals surface area contributed by atoms with Gasteiger partial charge in [-0.1, -0.05) is 0 Å². The standard InChI is InChI=1S/C8H14N2O2/c1-8(2,3)12-7(11)6-10-5-4-9/h10H,5-6H2,1-3H3. The van der Waals surface area contributed by atoms with Crippen LogP contribution in [0.2, 0.25) is 0 Å². The van der Waals surface area contributed by atoms with Crippen molar-refractivity contribution < 1.29 is 9.53 Å². The van der Waals surface area contributed by atoms with Crippen molar-refractivity contribution in [3.8, 4) is 6.07 Å². The summed E-state index contributed by atoms with van der Waals surface area (Å²) in [5, 5.41) is 10.8. The first-order valence-electron chi connectivity index (χ1n) is 3.75. The van der Waals surface area contributed by atoms with Gasteiger partial charge < -0.3 is 4.74 Å². The molecule has 0 amide bonds. The van der Waals surface area contributed by atoms with Crippen LogP contribution >= 0.6 is 0 Å².